The summed E-state index contributed by atoms with van der Waals surface area (Å²) in [5.74, 6) is -1.56. The van der Waals surface area contributed by atoms with Gasteiger partial charge in [0.15, 0.2) is 17.2 Å². The smallest absolute Gasteiger partial charge is 0.493 e. The monoisotopic (exact) mass is 302 g/mol. The van der Waals surface area contributed by atoms with Crippen molar-refractivity contribution in [3.05, 3.63) is 23.9 Å². The highest BCUT2D eigenvalue weighted by Crippen LogP contribution is 2.35. The molecule has 0 spiro atoms. The van der Waals surface area contributed by atoms with E-state index in [-0.39, 0.29) is 22.7 Å². The molecule has 1 aromatic carbocycles. The van der Waals surface area contributed by atoms with Crippen LogP contribution in [0.1, 0.15) is 10.5 Å². The summed E-state index contributed by atoms with van der Waals surface area (Å²) in [7, 11) is 1.20. The number of carbonyl (C=O) groups is 1. The molecule has 0 aliphatic rings. The predicted octanol–water partition coefficient (Wildman–Crippen LogP) is 1.48. The largest absolute Gasteiger partial charge is 0.573 e. The van der Waals surface area contributed by atoms with E-state index in [0.29, 0.717) is 0 Å². The van der Waals surface area contributed by atoms with E-state index in [0.717, 1.165) is 6.07 Å². The zero-order valence-corrected chi connectivity index (χ0v) is 10.6. The Balaban J connectivity index is 2.49. The Bertz CT molecular complexity index is 669. The maximum atomic E-state index is 12.4. The number of hydrogen-bond donors (Lipinski definition) is 2. The molecule has 0 aliphatic heterocycles. The molecule has 0 saturated heterocycles. The van der Waals surface area contributed by atoms with Crippen LogP contribution in [0.5, 0.6) is 11.5 Å². The third kappa shape index (κ3) is 3.22. The number of H-pyrrole nitrogens is 1. The number of rotatable bonds is 4. The molecule has 0 unspecified atom stereocenters. The van der Waals surface area contributed by atoms with Gasteiger partial charge in [-0.2, -0.15) is 15.4 Å². The van der Waals surface area contributed by atoms with Crippen LogP contribution in [0.2, 0.25) is 0 Å². The van der Waals surface area contributed by atoms with Crippen molar-refractivity contribution in [1.82, 2.24) is 15.4 Å². The molecular weight excluding hydrogens is 293 g/mol. The number of benzene rings is 1. The maximum absolute atomic E-state index is 12.4. The minimum absolute atomic E-state index is 0.0113. The minimum Gasteiger partial charge on any atom is -0.493 e. The Labute approximate surface area is 115 Å². The van der Waals surface area contributed by atoms with Crippen molar-refractivity contribution >= 4 is 5.91 Å². The number of alkyl halides is 3. The summed E-state index contributed by atoms with van der Waals surface area (Å²) in [5.41, 5.74) is 5.07. The van der Waals surface area contributed by atoms with E-state index in [9.17, 15) is 18.0 Å². The van der Waals surface area contributed by atoms with Crippen molar-refractivity contribution in [2.45, 2.75) is 6.36 Å². The van der Waals surface area contributed by atoms with Crippen LogP contribution in [0.25, 0.3) is 11.3 Å². The van der Waals surface area contributed by atoms with Crippen LogP contribution in [0.15, 0.2) is 18.2 Å². The van der Waals surface area contributed by atoms with Crippen LogP contribution < -0.4 is 15.2 Å². The fraction of sp³-hybridized carbons (Fsp3) is 0.182. The lowest BCUT2D eigenvalue weighted by Crippen LogP contribution is -2.17. The van der Waals surface area contributed by atoms with Crippen LogP contribution in [-0.2, 0) is 0 Å². The second kappa shape index (κ2) is 5.31. The minimum atomic E-state index is -4.89. The molecule has 2 rings (SSSR count). The molecule has 7 nitrogen and oxygen atoms in total. The first kappa shape index (κ1) is 14.6. The lowest BCUT2D eigenvalue weighted by molar-refractivity contribution is -0.275. The summed E-state index contributed by atoms with van der Waals surface area (Å²) in [6, 6.07) is 3.67. The lowest BCUT2D eigenvalue weighted by atomic mass is 10.1. The zero-order valence-electron chi connectivity index (χ0n) is 10.6. The van der Waals surface area contributed by atoms with Gasteiger partial charge in [0.2, 0.25) is 0 Å². The van der Waals surface area contributed by atoms with Crippen molar-refractivity contribution in [2.24, 2.45) is 5.73 Å². The number of carbonyl (C=O) groups excluding carboxylic acids is 1. The van der Waals surface area contributed by atoms with Crippen LogP contribution >= 0.6 is 0 Å². The number of methoxy groups -OCH3 is 1. The van der Waals surface area contributed by atoms with Gasteiger partial charge in [0.05, 0.1) is 7.11 Å². The van der Waals surface area contributed by atoms with Crippen LogP contribution in [0, 0.1) is 0 Å². The Morgan fingerprint density at radius 3 is 2.57 bits per heavy atom. The van der Waals surface area contributed by atoms with E-state index in [1.165, 1.54) is 19.2 Å². The Morgan fingerprint density at radius 1 is 1.29 bits per heavy atom. The van der Waals surface area contributed by atoms with Crippen molar-refractivity contribution < 1.29 is 27.4 Å². The number of ether oxygens (including phenoxy) is 2. The summed E-state index contributed by atoms with van der Waals surface area (Å²) in [6.07, 6.45) is -4.89. The van der Waals surface area contributed by atoms with Crippen LogP contribution in [0.4, 0.5) is 13.2 Å². The van der Waals surface area contributed by atoms with Crippen LogP contribution in [0.3, 0.4) is 0 Å². The number of hydrogen-bond acceptors (Lipinski definition) is 5. The third-order valence-corrected chi connectivity index (χ3v) is 2.44. The van der Waals surface area contributed by atoms with E-state index < -0.39 is 18.0 Å². The zero-order chi connectivity index (χ0) is 15.6. The van der Waals surface area contributed by atoms with E-state index in [1.54, 1.807) is 0 Å². The molecule has 0 fully saturated rings. The van der Waals surface area contributed by atoms with E-state index >= 15 is 0 Å². The summed E-state index contributed by atoms with van der Waals surface area (Å²) in [6.45, 7) is 0. The van der Waals surface area contributed by atoms with Crippen molar-refractivity contribution in [3.8, 4) is 22.8 Å². The number of aromatic nitrogens is 3. The number of halogens is 3. The molecule has 1 heterocycles. The number of amides is 1. The lowest BCUT2D eigenvalue weighted by Gasteiger charge is -2.13. The quantitative estimate of drug-likeness (QED) is 0.890. The van der Waals surface area contributed by atoms with E-state index in [2.05, 4.69) is 20.1 Å². The molecule has 0 radical (unpaired) electrons. The number of nitrogens with two attached hydrogens (primary N) is 1. The van der Waals surface area contributed by atoms with Crippen molar-refractivity contribution in [1.29, 1.82) is 0 Å². The summed E-state index contributed by atoms with van der Waals surface area (Å²) in [5, 5.41) is 9.40. The SMILES string of the molecule is COc1ccc(-c2n[nH]nc2C(N)=O)cc1OC(F)(F)F. The van der Waals surface area contributed by atoms with Gasteiger partial charge in [-0.05, 0) is 18.2 Å². The predicted molar refractivity (Wildman–Crippen MR) is 63.6 cm³/mol. The van der Waals surface area contributed by atoms with Gasteiger partial charge in [-0.25, -0.2) is 0 Å². The molecule has 1 amide bonds. The highest BCUT2D eigenvalue weighted by atomic mass is 19.4. The molecule has 0 saturated carbocycles. The van der Waals surface area contributed by atoms with Gasteiger partial charge in [0.1, 0.15) is 5.69 Å². The summed E-state index contributed by atoms with van der Waals surface area (Å²) in [4.78, 5) is 11.2. The van der Waals surface area contributed by atoms with E-state index in [1.807, 2.05) is 0 Å². The molecule has 10 heteroatoms. The fourth-order valence-electron chi connectivity index (χ4n) is 1.63. The van der Waals surface area contributed by atoms with Crippen LogP contribution in [-0.4, -0.2) is 34.8 Å². The van der Waals surface area contributed by atoms with Gasteiger partial charge in [0.25, 0.3) is 5.91 Å². The second-order valence-electron chi connectivity index (χ2n) is 3.80. The van der Waals surface area contributed by atoms with Gasteiger partial charge < -0.3 is 15.2 Å². The second-order valence-corrected chi connectivity index (χ2v) is 3.80. The number of aromatic amines is 1. The molecule has 1 aromatic heterocycles. The van der Waals surface area contributed by atoms with Gasteiger partial charge in [-0.1, -0.05) is 0 Å². The Morgan fingerprint density at radius 2 is 2.00 bits per heavy atom. The topological polar surface area (TPSA) is 103 Å². The first-order valence-electron chi connectivity index (χ1n) is 5.46. The summed E-state index contributed by atoms with van der Waals surface area (Å²) < 4.78 is 45.7. The first-order chi connectivity index (χ1) is 9.81. The molecule has 0 atom stereocenters. The highest BCUT2D eigenvalue weighted by molar-refractivity contribution is 5.96. The molecule has 3 N–H and O–H groups in total. The first-order valence-corrected chi connectivity index (χ1v) is 5.46. The normalized spacial score (nSPS) is 11.2. The summed E-state index contributed by atoms with van der Waals surface area (Å²) >= 11 is 0. The third-order valence-electron chi connectivity index (χ3n) is 2.44. The number of nitrogens with one attached hydrogen (secondary N) is 1. The van der Waals surface area contributed by atoms with Gasteiger partial charge >= 0.3 is 6.36 Å². The maximum Gasteiger partial charge on any atom is 0.573 e. The Hall–Kier alpha value is -2.78. The molecule has 21 heavy (non-hydrogen) atoms. The molecule has 2 aromatic rings. The fourth-order valence-corrected chi connectivity index (χ4v) is 1.63. The van der Waals surface area contributed by atoms with Crippen molar-refractivity contribution in [3.63, 3.8) is 0 Å². The van der Waals surface area contributed by atoms with Gasteiger partial charge in [-0.3, -0.25) is 4.79 Å². The molecule has 0 bridgehead atoms. The van der Waals surface area contributed by atoms with Gasteiger partial charge in [-0.15, -0.1) is 13.2 Å². The van der Waals surface area contributed by atoms with Gasteiger partial charge in [0, 0.05) is 5.56 Å². The standard InChI is InChI=1S/C11H9F3N4O3/c1-20-6-3-2-5(4-7(6)21-11(12,13)14)8-9(10(15)19)17-18-16-8/h2-4H,1H3,(H2,15,19)(H,16,17,18). The number of nitrogens with zero attached hydrogens (tertiary/aromatic N) is 2. The molecule has 112 valence electrons. The average Bonchev–Trinajstić information content (AvgIpc) is 2.86. The van der Waals surface area contributed by atoms with Crippen molar-refractivity contribution in [2.75, 3.05) is 7.11 Å². The molecular formula is C11H9F3N4O3. The number of primary amides is 1. The Kier molecular flexibility index (Phi) is 3.70. The molecule has 0 aliphatic carbocycles. The average molecular weight is 302 g/mol. The highest BCUT2D eigenvalue weighted by Gasteiger charge is 2.33. The van der Waals surface area contributed by atoms with E-state index in [4.69, 9.17) is 10.5 Å².